The number of likely N-dealkylation sites (N-methyl/N-ethyl adjacent to an activating group) is 1. The van der Waals surface area contributed by atoms with Gasteiger partial charge in [0.05, 0.1) is 6.54 Å². The maximum absolute atomic E-state index is 11.9. The van der Waals surface area contributed by atoms with Gasteiger partial charge in [0.15, 0.2) is 5.82 Å². The van der Waals surface area contributed by atoms with E-state index in [1.807, 2.05) is 0 Å². The molecule has 0 saturated carbocycles. The molecule has 0 radical (unpaired) electrons. The van der Waals surface area contributed by atoms with Gasteiger partial charge < -0.3 is 14.2 Å². The number of aryl methyl sites for hydroxylation is 1. The molecule has 18 heavy (non-hydrogen) atoms. The first-order valence-electron chi connectivity index (χ1n) is 5.65. The molecular weight excluding hydrogens is 234 g/mol. The molecule has 6 nitrogen and oxygen atoms in total. The van der Waals surface area contributed by atoms with Gasteiger partial charge in [-0.25, -0.2) is 9.78 Å². The van der Waals surface area contributed by atoms with E-state index >= 15 is 0 Å². The van der Waals surface area contributed by atoms with Crippen molar-refractivity contribution in [2.24, 2.45) is 7.05 Å². The molecule has 1 heterocycles. The molecule has 0 aromatic carbocycles. The molecule has 0 aliphatic heterocycles. The van der Waals surface area contributed by atoms with Gasteiger partial charge in [-0.2, -0.15) is 0 Å². The van der Waals surface area contributed by atoms with Crippen LogP contribution in [0.3, 0.4) is 0 Å². The average molecular weight is 253 g/mol. The van der Waals surface area contributed by atoms with E-state index < -0.39 is 11.7 Å². The first kappa shape index (κ1) is 14.2. The summed E-state index contributed by atoms with van der Waals surface area (Å²) in [6, 6.07) is 0. The normalized spacial score (nSPS) is 11.2. The van der Waals surface area contributed by atoms with Crippen LogP contribution < -0.4 is 0 Å². The summed E-state index contributed by atoms with van der Waals surface area (Å²) in [6.45, 7) is 5.28. The minimum atomic E-state index is -0.572. The molecule has 0 saturated heterocycles. The van der Waals surface area contributed by atoms with Crippen LogP contribution in [-0.4, -0.2) is 45.5 Å². The van der Waals surface area contributed by atoms with Crippen LogP contribution in [0.15, 0.2) is 12.4 Å². The van der Waals surface area contributed by atoms with Crippen LogP contribution in [0, 0.1) is 0 Å². The number of hydrogen-bond acceptors (Lipinski definition) is 4. The molecular formula is C12H19N3O3. The van der Waals surface area contributed by atoms with E-state index in [9.17, 15) is 9.59 Å². The van der Waals surface area contributed by atoms with Crippen LogP contribution in [0.5, 0.6) is 0 Å². The Morgan fingerprint density at radius 2 is 2.06 bits per heavy atom. The maximum atomic E-state index is 11.9. The third-order valence-corrected chi connectivity index (χ3v) is 2.16. The van der Waals surface area contributed by atoms with Crippen LogP contribution in [0.4, 0.5) is 4.79 Å². The highest BCUT2D eigenvalue weighted by Gasteiger charge is 2.22. The van der Waals surface area contributed by atoms with Crippen molar-refractivity contribution in [3.63, 3.8) is 0 Å². The number of carbonyl (C=O) groups is 2. The van der Waals surface area contributed by atoms with E-state index in [1.54, 1.807) is 44.8 Å². The quantitative estimate of drug-likeness (QED) is 0.765. The smallest absolute Gasteiger partial charge is 0.410 e. The first-order valence-corrected chi connectivity index (χ1v) is 5.65. The molecule has 0 aliphatic rings. The van der Waals surface area contributed by atoms with E-state index in [1.165, 1.54) is 11.9 Å². The summed E-state index contributed by atoms with van der Waals surface area (Å²) in [7, 11) is 3.25. The zero-order valence-electron chi connectivity index (χ0n) is 11.4. The summed E-state index contributed by atoms with van der Waals surface area (Å²) in [5.41, 5.74) is -0.572. The summed E-state index contributed by atoms with van der Waals surface area (Å²) in [4.78, 5) is 28.7. The fourth-order valence-electron chi connectivity index (χ4n) is 1.32. The zero-order valence-corrected chi connectivity index (χ0v) is 11.4. The van der Waals surface area contributed by atoms with Crippen molar-refractivity contribution in [2.45, 2.75) is 26.4 Å². The highest BCUT2D eigenvalue weighted by Crippen LogP contribution is 2.09. The number of ketones is 1. The summed E-state index contributed by atoms with van der Waals surface area (Å²) < 4.78 is 6.77. The predicted octanol–water partition coefficient (Wildman–Crippen LogP) is 1.47. The number of carbonyl (C=O) groups excluding carboxylic acids is 2. The van der Waals surface area contributed by atoms with Gasteiger partial charge in [0.1, 0.15) is 5.60 Å². The SMILES string of the molecule is CN(CC(=O)c1nccn1C)C(=O)OC(C)(C)C. The second-order valence-electron chi connectivity index (χ2n) is 5.12. The molecule has 0 fully saturated rings. The number of Topliss-reactive ketones (excluding diaryl/α,β-unsaturated/α-hetero) is 1. The molecule has 6 heteroatoms. The van der Waals surface area contributed by atoms with Gasteiger partial charge in [-0.05, 0) is 20.8 Å². The Kier molecular flexibility index (Phi) is 4.11. The Morgan fingerprint density at radius 1 is 1.44 bits per heavy atom. The first-order chi connectivity index (χ1) is 8.20. The van der Waals surface area contributed by atoms with E-state index in [-0.39, 0.29) is 12.3 Å². The van der Waals surface area contributed by atoms with Gasteiger partial charge in [0.25, 0.3) is 0 Å². The molecule has 1 amide bonds. The summed E-state index contributed by atoms with van der Waals surface area (Å²) in [5.74, 6) is 0.0984. The van der Waals surface area contributed by atoms with E-state index in [2.05, 4.69) is 4.98 Å². The molecule has 100 valence electrons. The van der Waals surface area contributed by atoms with Crippen molar-refractivity contribution in [1.29, 1.82) is 0 Å². The number of rotatable bonds is 3. The topological polar surface area (TPSA) is 64.4 Å². The zero-order chi connectivity index (χ0) is 13.9. The second-order valence-corrected chi connectivity index (χ2v) is 5.12. The van der Waals surface area contributed by atoms with Crippen LogP contribution in [0.1, 0.15) is 31.4 Å². The second kappa shape index (κ2) is 5.20. The minimum Gasteiger partial charge on any atom is -0.444 e. The number of ether oxygens (including phenoxy) is 1. The highest BCUT2D eigenvalue weighted by molar-refractivity contribution is 5.95. The lowest BCUT2D eigenvalue weighted by Gasteiger charge is -2.24. The van der Waals surface area contributed by atoms with E-state index in [0.29, 0.717) is 5.82 Å². The lowest BCUT2D eigenvalue weighted by Crippen LogP contribution is -2.37. The number of hydrogen-bond donors (Lipinski definition) is 0. The van der Waals surface area contributed by atoms with Gasteiger partial charge >= 0.3 is 6.09 Å². The minimum absolute atomic E-state index is 0.0558. The van der Waals surface area contributed by atoms with E-state index in [0.717, 1.165) is 0 Å². The maximum Gasteiger partial charge on any atom is 0.410 e. The predicted molar refractivity (Wildman–Crippen MR) is 66.4 cm³/mol. The molecule has 0 spiro atoms. The molecule has 1 rings (SSSR count). The van der Waals surface area contributed by atoms with Crippen molar-refractivity contribution >= 4 is 11.9 Å². The third kappa shape index (κ3) is 3.87. The van der Waals surface area contributed by atoms with Gasteiger partial charge in [-0.3, -0.25) is 4.79 Å². The van der Waals surface area contributed by atoms with Crippen LogP contribution in [-0.2, 0) is 11.8 Å². The molecule has 0 aliphatic carbocycles. The van der Waals surface area contributed by atoms with Gasteiger partial charge in [0, 0.05) is 26.5 Å². The van der Waals surface area contributed by atoms with Crippen LogP contribution in [0.2, 0.25) is 0 Å². The summed E-state index contributed by atoms with van der Waals surface area (Å²) in [6.07, 6.45) is 2.70. The van der Waals surface area contributed by atoms with Gasteiger partial charge in [0.2, 0.25) is 5.78 Å². The lowest BCUT2D eigenvalue weighted by atomic mass is 10.2. The van der Waals surface area contributed by atoms with E-state index in [4.69, 9.17) is 4.74 Å². The number of amides is 1. The molecule has 0 bridgehead atoms. The monoisotopic (exact) mass is 253 g/mol. The van der Waals surface area contributed by atoms with Crippen molar-refractivity contribution in [3.8, 4) is 0 Å². The molecule has 1 aromatic rings. The number of imidazole rings is 1. The summed E-state index contributed by atoms with van der Waals surface area (Å²) in [5, 5.41) is 0. The van der Waals surface area contributed by atoms with Crippen molar-refractivity contribution < 1.29 is 14.3 Å². The Hall–Kier alpha value is -1.85. The Balaban J connectivity index is 2.60. The number of nitrogens with zero attached hydrogens (tertiary/aromatic N) is 3. The summed E-state index contributed by atoms with van der Waals surface area (Å²) >= 11 is 0. The molecule has 0 unspecified atom stereocenters. The van der Waals surface area contributed by atoms with Crippen molar-refractivity contribution in [1.82, 2.24) is 14.5 Å². The van der Waals surface area contributed by atoms with Crippen molar-refractivity contribution in [3.05, 3.63) is 18.2 Å². The largest absolute Gasteiger partial charge is 0.444 e. The Morgan fingerprint density at radius 3 is 2.50 bits per heavy atom. The fraction of sp³-hybridized carbons (Fsp3) is 0.583. The standard InChI is InChI=1S/C12H19N3O3/c1-12(2,3)18-11(17)15(5)8-9(16)10-13-6-7-14(10)4/h6-7H,8H2,1-5H3. The average Bonchev–Trinajstić information content (AvgIpc) is 2.61. The molecule has 0 atom stereocenters. The molecule has 1 aromatic heterocycles. The lowest BCUT2D eigenvalue weighted by molar-refractivity contribution is 0.0293. The van der Waals surface area contributed by atoms with Gasteiger partial charge in [-0.1, -0.05) is 0 Å². The molecule has 0 N–H and O–H groups in total. The van der Waals surface area contributed by atoms with Crippen LogP contribution >= 0.6 is 0 Å². The Labute approximate surface area is 107 Å². The fourth-order valence-corrected chi connectivity index (χ4v) is 1.32. The number of aromatic nitrogens is 2. The van der Waals surface area contributed by atoms with Crippen molar-refractivity contribution in [2.75, 3.05) is 13.6 Å². The third-order valence-electron chi connectivity index (χ3n) is 2.16. The van der Waals surface area contributed by atoms with Gasteiger partial charge in [-0.15, -0.1) is 0 Å². The Bertz CT molecular complexity index is 446. The van der Waals surface area contributed by atoms with Crippen LogP contribution in [0.25, 0.3) is 0 Å². The highest BCUT2D eigenvalue weighted by atomic mass is 16.6.